The van der Waals surface area contributed by atoms with Gasteiger partial charge in [-0.2, -0.15) is 4.98 Å². The number of aromatic nitrogens is 2. The van der Waals surface area contributed by atoms with Gasteiger partial charge in [0.2, 0.25) is 5.95 Å². The fourth-order valence-corrected chi connectivity index (χ4v) is 3.45. The third-order valence-corrected chi connectivity index (χ3v) is 4.77. The molecule has 0 fully saturated rings. The Morgan fingerprint density at radius 2 is 2.00 bits per heavy atom. The Morgan fingerprint density at radius 3 is 2.81 bits per heavy atom. The minimum atomic E-state index is 0.203. The lowest BCUT2D eigenvalue weighted by molar-refractivity contribution is 0.416. The summed E-state index contributed by atoms with van der Waals surface area (Å²) in [6.07, 6.45) is 2.70. The molecular formula is C20H21N5O. The number of nitrogens with two attached hydrogens (primary N) is 2. The summed E-state index contributed by atoms with van der Waals surface area (Å²) in [5.41, 5.74) is 17.3. The molecule has 1 aromatic heterocycles. The zero-order valence-corrected chi connectivity index (χ0v) is 14.6. The first kappa shape index (κ1) is 16.2. The van der Waals surface area contributed by atoms with Crippen molar-refractivity contribution in [1.82, 2.24) is 9.97 Å². The molecule has 0 unspecified atom stereocenters. The number of fused-ring (bicyclic) bond motifs is 1. The van der Waals surface area contributed by atoms with Crippen LogP contribution in [-0.4, -0.2) is 23.6 Å². The molecule has 0 spiro atoms. The average Bonchev–Trinajstić information content (AvgIpc) is 3.06. The fraction of sp³-hybridized carbons (Fsp3) is 0.200. The second kappa shape index (κ2) is 6.55. The number of hydrogen-bond acceptors (Lipinski definition) is 6. The van der Waals surface area contributed by atoms with E-state index in [-0.39, 0.29) is 5.95 Å². The number of hydrogen-bond donors (Lipinski definition) is 2. The summed E-state index contributed by atoms with van der Waals surface area (Å²) < 4.78 is 5.49. The minimum absolute atomic E-state index is 0.203. The van der Waals surface area contributed by atoms with Crippen LogP contribution in [0.15, 0.2) is 48.7 Å². The molecule has 6 heteroatoms. The van der Waals surface area contributed by atoms with E-state index in [1.807, 2.05) is 18.2 Å². The number of nitrogen functional groups attached to an aromatic ring is 2. The van der Waals surface area contributed by atoms with Crippen molar-refractivity contribution in [1.29, 1.82) is 0 Å². The SMILES string of the molecule is COc1ccccc1-c1ccc2c(c1)CCN2Cc1cnc(N)nc1N. The molecular weight excluding hydrogens is 326 g/mol. The highest BCUT2D eigenvalue weighted by atomic mass is 16.5. The van der Waals surface area contributed by atoms with Gasteiger partial charge < -0.3 is 21.1 Å². The number of ether oxygens (including phenoxy) is 1. The molecule has 0 radical (unpaired) electrons. The number of methoxy groups -OCH3 is 1. The van der Waals surface area contributed by atoms with E-state index in [1.54, 1.807) is 13.3 Å². The predicted octanol–water partition coefficient (Wildman–Crippen LogP) is 2.88. The second-order valence-electron chi connectivity index (χ2n) is 6.35. The van der Waals surface area contributed by atoms with E-state index < -0.39 is 0 Å². The summed E-state index contributed by atoms with van der Waals surface area (Å²) in [5.74, 6) is 1.53. The van der Waals surface area contributed by atoms with Crippen LogP contribution in [-0.2, 0) is 13.0 Å². The zero-order chi connectivity index (χ0) is 18.1. The van der Waals surface area contributed by atoms with E-state index in [9.17, 15) is 0 Å². The van der Waals surface area contributed by atoms with Gasteiger partial charge in [0.1, 0.15) is 11.6 Å². The monoisotopic (exact) mass is 347 g/mol. The van der Waals surface area contributed by atoms with Gasteiger partial charge in [0.25, 0.3) is 0 Å². The van der Waals surface area contributed by atoms with E-state index in [0.29, 0.717) is 12.4 Å². The van der Waals surface area contributed by atoms with Gasteiger partial charge in [-0.25, -0.2) is 4.98 Å². The number of benzene rings is 2. The third-order valence-electron chi connectivity index (χ3n) is 4.77. The molecule has 1 aliphatic rings. The second-order valence-corrected chi connectivity index (χ2v) is 6.35. The van der Waals surface area contributed by atoms with E-state index in [0.717, 1.165) is 29.8 Å². The topological polar surface area (TPSA) is 90.3 Å². The number of anilines is 3. The van der Waals surface area contributed by atoms with Crippen molar-refractivity contribution in [3.63, 3.8) is 0 Å². The van der Waals surface area contributed by atoms with Gasteiger partial charge in [0.15, 0.2) is 0 Å². The lowest BCUT2D eigenvalue weighted by Crippen LogP contribution is -2.21. The van der Waals surface area contributed by atoms with Crippen LogP contribution in [0.25, 0.3) is 11.1 Å². The first-order valence-electron chi connectivity index (χ1n) is 8.54. The van der Waals surface area contributed by atoms with Crippen molar-refractivity contribution in [2.24, 2.45) is 0 Å². The van der Waals surface area contributed by atoms with Gasteiger partial charge >= 0.3 is 0 Å². The molecule has 0 aliphatic carbocycles. The quantitative estimate of drug-likeness (QED) is 0.754. The summed E-state index contributed by atoms with van der Waals surface area (Å²) in [7, 11) is 1.70. The van der Waals surface area contributed by atoms with E-state index >= 15 is 0 Å². The maximum absolute atomic E-state index is 5.98. The largest absolute Gasteiger partial charge is 0.496 e. The summed E-state index contributed by atoms with van der Waals surface area (Å²) in [5, 5.41) is 0. The fourth-order valence-electron chi connectivity index (χ4n) is 3.45. The highest BCUT2D eigenvalue weighted by Crippen LogP contribution is 2.36. The van der Waals surface area contributed by atoms with Gasteiger partial charge in [-0.15, -0.1) is 0 Å². The van der Waals surface area contributed by atoms with Gasteiger partial charge in [0, 0.05) is 36.1 Å². The molecule has 2 heterocycles. The standard InChI is InChI=1S/C20H21N5O/c1-26-18-5-3-2-4-16(18)13-6-7-17-14(10-13)8-9-25(17)12-15-11-23-20(22)24-19(15)21/h2-7,10-11H,8-9,12H2,1H3,(H4,21,22,23,24). The smallest absolute Gasteiger partial charge is 0.221 e. The highest BCUT2D eigenvalue weighted by Gasteiger charge is 2.21. The van der Waals surface area contributed by atoms with Gasteiger partial charge in [0.05, 0.1) is 7.11 Å². The summed E-state index contributed by atoms with van der Waals surface area (Å²) in [6.45, 7) is 1.61. The van der Waals surface area contributed by atoms with Gasteiger partial charge in [-0.05, 0) is 35.7 Å². The van der Waals surface area contributed by atoms with Crippen molar-refractivity contribution in [2.75, 3.05) is 30.0 Å². The summed E-state index contributed by atoms with van der Waals surface area (Å²) in [6, 6.07) is 14.6. The molecule has 26 heavy (non-hydrogen) atoms. The molecule has 0 atom stereocenters. The Bertz CT molecular complexity index is 957. The number of para-hydroxylation sites is 1. The van der Waals surface area contributed by atoms with E-state index in [2.05, 4.69) is 39.1 Å². The number of nitrogens with zero attached hydrogens (tertiary/aromatic N) is 3. The average molecular weight is 347 g/mol. The maximum Gasteiger partial charge on any atom is 0.221 e. The Hall–Kier alpha value is -3.28. The van der Waals surface area contributed by atoms with Crippen LogP contribution in [0.2, 0.25) is 0 Å². The normalized spacial score (nSPS) is 12.9. The first-order chi connectivity index (χ1) is 12.7. The lowest BCUT2D eigenvalue weighted by Gasteiger charge is -2.20. The molecule has 2 aromatic carbocycles. The van der Waals surface area contributed by atoms with Crippen LogP contribution < -0.4 is 21.1 Å². The van der Waals surface area contributed by atoms with Crippen LogP contribution in [0.1, 0.15) is 11.1 Å². The Balaban J connectivity index is 1.62. The Morgan fingerprint density at radius 1 is 1.15 bits per heavy atom. The van der Waals surface area contributed by atoms with Crippen LogP contribution in [0.5, 0.6) is 5.75 Å². The van der Waals surface area contributed by atoms with Gasteiger partial charge in [-0.3, -0.25) is 0 Å². The molecule has 1 aliphatic heterocycles. The summed E-state index contributed by atoms with van der Waals surface area (Å²) >= 11 is 0. The minimum Gasteiger partial charge on any atom is -0.496 e. The highest BCUT2D eigenvalue weighted by molar-refractivity contribution is 5.75. The zero-order valence-electron chi connectivity index (χ0n) is 14.6. The van der Waals surface area contributed by atoms with E-state index in [4.69, 9.17) is 16.2 Å². The van der Waals surface area contributed by atoms with Crippen molar-refractivity contribution < 1.29 is 4.74 Å². The lowest BCUT2D eigenvalue weighted by atomic mass is 10.0. The molecule has 0 saturated heterocycles. The van der Waals surface area contributed by atoms with Crippen LogP contribution in [0.4, 0.5) is 17.5 Å². The van der Waals surface area contributed by atoms with Crippen LogP contribution in [0, 0.1) is 0 Å². The maximum atomic E-state index is 5.98. The van der Waals surface area contributed by atoms with Crippen molar-refractivity contribution in [2.45, 2.75) is 13.0 Å². The molecule has 0 saturated carbocycles. The molecule has 6 nitrogen and oxygen atoms in total. The van der Waals surface area contributed by atoms with Crippen molar-refractivity contribution in [3.05, 3.63) is 59.8 Å². The molecule has 3 aromatic rings. The van der Waals surface area contributed by atoms with Crippen molar-refractivity contribution >= 4 is 17.5 Å². The third kappa shape index (κ3) is 2.90. The number of rotatable bonds is 4. The van der Waals surface area contributed by atoms with Crippen LogP contribution in [0.3, 0.4) is 0 Å². The molecule has 0 bridgehead atoms. The Kier molecular flexibility index (Phi) is 4.08. The molecule has 4 N–H and O–H groups in total. The molecule has 4 rings (SSSR count). The summed E-state index contributed by atoms with van der Waals surface area (Å²) in [4.78, 5) is 10.4. The van der Waals surface area contributed by atoms with Crippen molar-refractivity contribution in [3.8, 4) is 16.9 Å². The van der Waals surface area contributed by atoms with Gasteiger partial charge in [-0.1, -0.05) is 24.3 Å². The van der Waals surface area contributed by atoms with E-state index in [1.165, 1.54) is 16.8 Å². The molecule has 0 amide bonds. The Labute approximate surface area is 152 Å². The van der Waals surface area contributed by atoms with Crippen LogP contribution >= 0.6 is 0 Å². The predicted molar refractivity (Wildman–Crippen MR) is 104 cm³/mol. The molecule has 132 valence electrons. The first-order valence-corrected chi connectivity index (χ1v) is 8.54.